The molecule has 0 bridgehead atoms. The summed E-state index contributed by atoms with van der Waals surface area (Å²) in [6.07, 6.45) is 2.03. The monoisotopic (exact) mass is 234 g/mol. The quantitative estimate of drug-likeness (QED) is 0.552. The van der Waals surface area contributed by atoms with Crippen LogP contribution >= 0.6 is 0 Å². The minimum absolute atomic E-state index is 0.0171. The summed E-state index contributed by atoms with van der Waals surface area (Å²) in [4.78, 5) is 0. The zero-order valence-electron chi connectivity index (χ0n) is 10.8. The summed E-state index contributed by atoms with van der Waals surface area (Å²) >= 11 is 0. The zero-order valence-corrected chi connectivity index (χ0v) is 10.8. The van der Waals surface area contributed by atoms with Crippen molar-refractivity contribution < 1.29 is 19.3 Å². The third-order valence-electron chi connectivity index (χ3n) is 2.78. The van der Waals surface area contributed by atoms with Crippen molar-refractivity contribution in [3.8, 4) is 0 Å². The first-order chi connectivity index (χ1) is 7.68. The van der Waals surface area contributed by atoms with Crippen molar-refractivity contribution in [2.45, 2.75) is 39.2 Å². The predicted octanol–water partition coefficient (Wildman–Crippen LogP) is 1.61. The molecular weight excluding hydrogens is 208 g/mol. The van der Waals surface area contributed by atoms with Gasteiger partial charge in [-0.15, -0.1) is 0 Å². The minimum Gasteiger partial charge on any atom is -0.394 e. The molecule has 0 heterocycles. The fourth-order valence-electron chi connectivity index (χ4n) is 1.19. The van der Waals surface area contributed by atoms with Crippen molar-refractivity contribution in [3.63, 3.8) is 0 Å². The molecule has 4 nitrogen and oxygen atoms in total. The Kier molecular flexibility index (Phi) is 9.92. The lowest BCUT2D eigenvalue weighted by Crippen LogP contribution is -2.28. The van der Waals surface area contributed by atoms with E-state index >= 15 is 0 Å². The highest BCUT2D eigenvalue weighted by atomic mass is 16.6. The molecule has 0 aliphatic carbocycles. The summed E-state index contributed by atoms with van der Waals surface area (Å²) in [6, 6.07) is 0. The van der Waals surface area contributed by atoms with E-state index in [0.29, 0.717) is 33.0 Å². The molecule has 0 fully saturated rings. The maximum Gasteiger partial charge on any atom is 0.0707 e. The van der Waals surface area contributed by atoms with Gasteiger partial charge in [-0.05, 0) is 19.8 Å². The number of ether oxygens (including phenoxy) is 3. The van der Waals surface area contributed by atoms with E-state index in [9.17, 15) is 0 Å². The van der Waals surface area contributed by atoms with Crippen LogP contribution < -0.4 is 0 Å². The highest BCUT2D eigenvalue weighted by Gasteiger charge is 2.19. The molecule has 0 spiro atoms. The molecule has 98 valence electrons. The van der Waals surface area contributed by atoms with Gasteiger partial charge in [0.05, 0.1) is 45.2 Å². The first kappa shape index (κ1) is 15.8. The Morgan fingerprint density at radius 1 is 0.875 bits per heavy atom. The highest BCUT2D eigenvalue weighted by molar-refractivity contribution is 4.70. The van der Waals surface area contributed by atoms with Crippen LogP contribution in [0, 0.1) is 0 Å². The van der Waals surface area contributed by atoms with Gasteiger partial charge >= 0.3 is 0 Å². The Balaban J connectivity index is 3.26. The molecule has 0 amide bonds. The fraction of sp³-hybridized carbons (Fsp3) is 1.00. The van der Waals surface area contributed by atoms with Gasteiger partial charge in [0.25, 0.3) is 0 Å². The normalized spacial score (nSPS) is 12.0. The van der Waals surface area contributed by atoms with Gasteiger partial charge in [0.1, 0.15) is 0 Å². The number of hydrogen-bond acceptors (Lipinski definition) is 4. The molecule has 0 saturated carbocycles. The van der Waals surface area contributed by atoms with Crippen LogP contribution in [-0.4, -0.2) is 50.3 Å². The number of aliphatic hydroxyl groups is 1. The van der Waals surface area contributed by atoms with Crippen LogP contribution in [0.15, 0.2) is 0 Å². The number of hydrogen-bond donors (Lipinski definition) is 1. The molecule has 0 rings (SSSR count). The summed E-state index contributed by atoms with van der Waals surface area (Å²) < 4.78 is 16.1. The average molecular weight is 234 g/mol. The molecule has 1 N–H and O–H groups in total. The summed E-state index contributed by atoms with van der Waals surface area (Å²) in [5.41, 5.74) is -0.0171. The second kappa shape index (κ2) is 10.0. The molecule has 0 aromatic heterocycles. The molecule has 4 heteroatoms. The largest absolute Gasteiger partial charge is 0.394 e. The van der Waals surface area contributed by atoms with E-state index < -0.39 is 0 Å². The molecule has 0 radical (unpaired) electrons. The van der Waals surface area contributed by atoms with E-state index in [2.05, 4.69) is 20.8 Å². The van der Waals surface area contributed by atoms with Crippen LogP contribution in [0.1, 0.15) is 33.6 Å². The molecule has 0 unspecified atom stereocenters. The van der Waals surface area contributed by atoms with Crippen molar-refractivity contribution in [3.05, 3.63) is 0 Å². The molecule has 0 aromatic carbocycles. The van der Waals surface area contributed by atoms with Gasteiger partial charge in [-0.3, -0.25) is 0 Å². The second-order valence-corrected chi connectivity index (χ2v) is 3.95. The first-order valence-corrected chi connectivity index (χ1v) is 6.09. The zero-order chi connectivity index (χ0) is 12.3. The predicted molar refractivity (Wildman–Crippen MR) is 63.7 cm³/mol. The Bertz CT molecular complexity index is 146. The SMILES string of the molecule is CCC(C)(CC)OCCOCCOCCO. The van der Waals surface area contributed by atoms with E-state index in [1.54, 1.807) is 0 Å². The van der Waals surface area contributed by atoms with Crippen LogP contribution in [0.3, 0.4) is 0 Å². The standard InChI is InChI=1S/C12H26O4/c1-4-12(3,5-2)16-11-10-15-9-8-14-7-6-13/h13H,4-11H2,1-3H3. The van der Waals surface area contributed by atoms with Crippen LogP contribution in [-0.2, 0) is 14.2 Å². The lowest BCUT2D eigenvalue weighted by Gasteiger charge is -2.27. The van der Waals surface area contributed by atoms with Crippen LogP contribution in [0.5, 0.6) is 0 Å². The van der Waals surface area contributed by atoms with E-state index in [4.69, 9.17) is 19.3 Å². The van der Waals surface area contributed by atoms with Crippen LogP contribution in [0.25, 0.3) is 0 Å². The average Bonchev–Trinajstić information content (AvgIpc) is 2.32. The smallest absolute Gasteiger partial charge is 0.0707 e. The van der Waals surface area contributed by atoms with Gasteiger partial charge in [0.15, 0.2) is 0 Å². The van der Waals surface area contributed by atoms with E-state index in [1.807, 2.05) is 0 Å². The summed E-state index contributed by atoms with van der Waals surface area (Å²) in [7, 11) is 0. The molecule has 0 aliphatic rings. The van der Waals surface area contributed by atoms with Gasteiger partial charge in [-0.1, -0.05) is 13.8 Å². The van der Waals surface area contributed by atoms with E-state index in [0.717, 1.165) is 12.8 Å². The Morgan fingerprint density at radius 2 is 1.38 bits per heavy atom. The topological polar surface area (TPSA) is 47.9 Å². The molecule has 0 aromatic rings. The van der Waals surface area contributed by atoms with Gasteiger partial charge in [0, 0.05) is 0 Å². The number of rotatable bonds is 11. The molecule has 16 heavy (non-hydrogen) atoms. The van der Waals surface area contributed by atoms with Crippen molar-refractivity contribution in [2.24, 2.45) is 0 Å². The van der Waals surface area contributed by atoms with Crippen molar-refractivity contribution in [1.82, 2.24) is 0 Å². The summed E-state index contributed by atoms with van der Waals surface area (Å²) in [5, 5.41) is 8.47. The van der Waals surface area contributed by atoms with Crippen LogP contribution in [0.2, 0.25) is 0 Å². The molecule has 0 saturated heterocycles. The first-order valence-electron chi connectivity index (χ1n) is 6.09. The lowest BCUT2D eigenvalue weighted by molar-refractivity contribution is -0.0661. The maximum absolute atomic E-state index is 8.47. The molecule has 0 aliphatic heterocycles. The van der Waals surface area contributed by atoms with Gasteiger partial charge in [-0.25, -0.2) is 0 Å². The summed E-state index contributed by atoms with van der Waals surface area (Å²) in [5.74, 6) is 0. The van der Waals surface area contributed by atoms with E-state index in [-0.39, 0.29) is 12.2 Å². The Hall–Kier alpha value is -0.160. The molecular formula is C12H26O4. The maximum atomic E-state index is 8.47. The van der Waals surface area contributed by atoms with Crippen LogP contribution in [0.4, 0.5) is 0 Å². The van der Waals surface area contributed by atoms with Crippen molar-refractivity contribution >= 4 is 0 Å². The Labute approximate surface area is 98.9 Å². The minimum atomic E-state index is -0.0171. The fourth-order valence-corrected chi connectivity index (χ4v) is 1.19. The third-order valence-corrected chi connectivity index (χ3v) is 2.78. The van der Waals surface area contributed by atoms with Gasteiger partial charge < -0.3 is 19.3 Å². The lowest BCUT2D eigenvalue weighted by atomic mass is 10.0. The highest BCUT2D eigenvalue weighted by Crippen LogP contribution is 2.18. The summed E-state index contributed by atoms with van der Waals surface area (Å²) in [6.45, 7) is 9.13. The van der Waals surface area contributed by atoms with Crippen molar-refractivity contribution in [2.75, 3.05) is 39.6 Å². The van der Waals surface area contributed by atoms with Gasteiger partial charge in [-0.2, -0.15) is 0 Å². The molecule has 0 atom stereocenters. The third kappa shape index (κ3) is 8.05. The Morgan fingerprint density at radius 3 is 1.88 bits per heavy atom. The second-order valence-electron chi connectivity index (χ2n) is 3.95. The van der Waals surface area contributed by atoms with Crippen molar-refractivity contribution in [1.29, 1.82) is 0 Å². The van der Waals surface area contributed by atoms with E-state index in [1.165, 1.54) is 0 Å². The number of aliphatic hydroxyl groups excluding tert-OH is 1. The van der Waals surface area contributed by atoms with Gasteiger partial charge in [0.2, 0.25) is 0 Å².